The van der Waals surface area contributed by atoms with E-state index in [0.717, 1.165) is 29.7 Å². The zero-order chi connectivity index (χ0) is 13.9. The normalized spacial score (nSPS) is 14.7. The maximum Gasteiger partial charge on any atom is 0.199 e. The summed E-state index contributed by atoms with van der Waals surface area (Å²) in [6.07, 6.45) is 7.44. The van der Waals surface area contributed by atoms with Crippen molar-refractivity contribution in [3.8, 4) is 11.6 Å². The Hall–Kier alpha value is -1.36. The van der Waals surface area contributed by atoms with Crippen LogP contribution in [0.1, 0.15) is 37.4 Å². The topological polar surface area (TPSA) is 51.0 Å². The molecule has 2 aromatic heterocycles. The Bertz CT molecular complexity index is 609. The zero-order valence-corrected chi connectivity index (χ0v) is 13.2. The molecule has 0 saturated heterocycles. The molecule has 0 spiro atoms. The van der Waals surface area contributed by atoms with Gasteiger partial charge in [-0.15, -0.1) is 0 Å². The second kappa shape index (κ2) is 5.95. The van der Waals surface area contributed by atoms with Gasteiger partial charge in [-0.2, -0.15) is 0 Å². The Kier molecular flexibility index (Phi) is 4.05. The predicted octanol–water partition coefficient (Wildman–Crippen LogP) is 4.20. The summed E-state index contributed by atoms with van der Waals surface area (Å²) in [5.74, 6) is 2.34. The van der Waals surface area contributed by atoms with Crippen LogP contribution in [0.5, 0.6) is 0 Å². The minimum absolute atomic E-state index is 0.665. The average Bonchev–Trinajstić information content (AvgIpc) is 2.73. The van der Waals surface area contributed by atoms with E-state index >= 15 is 0 Å². The lowest BCUT2D eigenvalue weighted by Crippen LogP contribution is -2.09. The molecule has 0 fully saturated rings. The van der Waals surface area contributed by atoms with E-state index in [9.17, 15) is 0 Å². The van der Waals surface area contributed by atoms with E-state index in [-0.39, 0.29) is 0 Å². The third-order valence-corrected chi connectivity index (χ3v) is 4.22. The monoisotopic (exact) mass is 335 g/mol. The molecule has 0 atom stereocenters. The largest absolute Gasteiger partial charge is 0.460 e. The number of nitrogens with zero attached hydrogens (tertiary/aromatic N) is 2. The standard InChI is InChI=1S/C15H18BrN3O/c1-2-17-14-10-6-4-3-5-7-12(10)18-15(19-14)13-11(16)8-9-20-13/h8-9H,2-7H2,1H3,(H,17,18,19). The number of fused-ring (bicyclic) bond motifs is 1. The zero-order valence-electron chi connectivity index (χ0n) is 11.6. The second-order valence-corrected chi connectivity index (χ2v) is 5.86. The van der Waals surface area contributed by atoms with Crippen LogP contribution in [0.2, 0.25) is 0 Å². The van der Waals surface area contributed by atoms with E-state index in [0.29, 0.717) is 11.6 Å². The van der Waals surface area contributed by atoms with E-state index in [1.54, 1.807) is 6.26 Å². The lowest BCUT2D eigenvalue weighted by atomic mass is 10.1. The highest BCUT2D eigenvalue weighted by Crippen LogP contribution is 2.31. The molecule has 0 saturated carbocycles. The van der Waals surface area contributed by atoms with E-state index in [1.807, 2.05) is 6.07 Å². The van der Waals surface area contributed by atoms with Gasteiger partial charge in [-0.1, -0.05) is 6.42 Å². The van der Waals surface area contributed by atoms with Crippen LogP contribution in [0.4, 0.5) is 5.82 Å². The SMILES string of the molecule is CCNc1nc(-c2occc2Br)nc2c1CCCCC2. The highest BCUT2D eigenvalue weighted by Gasteiger charge is 2.19. The summed E-state index contributed by atoms with van der Waals surface area (Å²) in [6, 6.07) is 1.87. The first-order valence-corrected chi connectivity index (χ1v) is 7.96. The van der Waals surface area contributed by atoms with Crippen LogP contribution in [0.25, 0.3) is 11.6 Å². The quantitative estimate of drug-likeness (QED) is 0.854. The molecule has 4 nitrogen and oxygen atoms in total. The van der Waals surface area contributed by atoms with Gasteiger partial charge in [-0.3, -0.25) is 0 Å². The molecule has 0 bridgehead atoms. The molecular weight excluding hydrogens is 318 g/mol. The second-order valence-electron chi connectivity index (χ2n) is 5.01. The van der Waals surface area contributed by atoms with Crippen molar-refractivity contribution < 1.29 is 4.42 Å². The fraction of sp³-hybridized carbons (Fsp3) is 0.467. The average molecular weight is 336 g/mol. The van der Waals surface area contributed by atoms with Gasteiger partial charge in [-0.25, -0.2) is 9.97 Å². The Morgan fingerprint density at radius 2 is 2.10 bits per heavy atom. The van der Waals surface area contributed by atoms with Gasteiger partial charge in [0.1, 0.15) is 5.82 Å². The minimum Gasteiger partial charge on any atom is -0.460 e. The highest BCUT2D eigenvalue weighted by molar-refractivity contribution is 9.10. The van der Waals surface area contributed by atoms with Crippen molar-refractivity contribution in [2.45, 2.75) is 39.0 Å². The fourth-order valence-electron chi connectivity index (χ4n) is 2.64. The summed E-state index contributed by atoms with van der Waals surface area (Å²) in [6.45, 7) is 2.95. The summed E-state index contributed by atoms with van der Waals surface area (Å²) < 4.78 is 6.40. The first-order chi connectivity index (χ1) is 9.79. The molecular formula is C15H18BrN3O. The van der Waals surface area contributed by atoms with Gasteiger partial charge in [0.2, 0.25) is 0 Å². The molecule has 0 aliphatic heterocycles. The molecule has 5 heteroatoms. The van der Waals surface area contributed by atoms with Crippen LogP contribution in [-0.2, 0) is 12.8 Å². The van der Waals surface area contributed by atoms with Gasteiger partial charge in [0, 0.05) is 17.8 Å². The summed E-state index contributed by atoms with van der Waals surface area (Å²) >= 11 is 3.48. The van der Waals surface area contributed by atoms with Crippen LogP contribution >= 0.6 is 15.9 Å². The summed E-state index contributed by atoms with van der Waals surface area (Å²) in [4.78, 5) is 9.42. The van der Waals surface area contributed by atoms with E-state index in [2.05, 4.69) is 33.2 Å². The Morgan fingerprint density at radius 1 is 1.25 bits per heavy atom. The van der Waals surface area contributed by atoms with Crippen molar-refractivity contribution in [2.24, 2.45) is 0 Å². The molecule has 0 radical (unpaired) electrons. The van der Waals surface area contributed by atoms with E-state index in [4.69, 9.17) is 9.40 Å². The number of nitrogens with one attached hydrogen (secondary N) is 1. The molecule has 2 heterocycles. The van der Waals surface area contributed by atoms with Gasteiger partial charge in [0.15, 0.2) is 11.6 Å². The smallest absolute Gasteiger partial charge is 0.199 e. The molecule has 2 aromatic rings. The Labute approximate surface area is 127 Å². The number of aryl methyl sites for hydroxylation is 1. The Morgan fingerprint density at radius 3 is 2.85 bits per heavy atom. The highest BCUT2D eigenvalue weighted by atomic mass is 79.9. The number of aromatic nitrogens is 2. The maximum atomic E-state index is 5.51. The van der Waals surface area contributed by atoms with Crippen molar-refractivity contribution >= 4 is 21.7 Å². The third-order valence-electron chi connectivity index (χ3n) is 3.60. The van der Waals surface area contributed by atoms with Crippen LogP contribution in [0, 0.1) is 0 Å². The number of furan rings is 1. The van der Waals surface area contributed by atoms with Gasteiger partial charge in [0.05, 0.1) is 10.7 Å². The van der Waals surface area contributed by atoms with Crippen LogP contribution in [0.15, 0.2) is 21.2 Å². The molecule has 20 heavy (non-hydrogen) atoms. The van der Waals surface area contributed by atoms with Gasteiger partial charge in [-0.05, 0) is 54.6 Å². The number of hydrogen-bond acceptors (Lipinski definition) is 4. The van der Waals surface area contributed by atoms with Crippen molar-refractivity contribution in [1.82, 2.24) is 9.97 Å². The number of anilines is 1. The van der Waals surface area contributed by atoms with Crippen LogP contribution in [0.3, 0.4) is 0 Å². The molecule has 106 valence electrons. The fourth-order valence-corrected chi connectivity index (χ4v) is 3.02. The van der Waals surface area contributed by atoms with Gasteiger partial charge in [0.25, 0.3) is 0 Å². The predicted molar refractivity (Wildman–Crippen MR) is 82.9 cm³/mol. The number of hydrogen-bond donors (Lipinski definition) is 1. The molecule has 0 amide bonds. The van der Waals surface area contributed by atoms with E-state index < -0.39 is 0 Å². The number of halogens is 1. The van der Waals surface area contributed by atoms with Crippen molar-refractivity contribution in [3.05, 3.63) is 28.1 Å². The molecule has 0 aromatic carbocycles. The molecule has 0 unspecified atom stereocenters. The van der Waals surface area contributed by atoms with Crippen molar-refractivity contribution in [2.75, 3.05) is 11.9 Å². The molecule has 1 aliphatic rings. The van der Waals surface area contributed by atoms with E-state index in [1.165, 1.54) is 30.5 Å². The summed E-state index contributed by atoms with van der Waals surface area (Å²) in [5, 5.41) is 3.38. The van der Waals surface area contributed by atoms with Gasteiger partial charge >= 0.3 is 0 Å². The summed E-state index contributed by atoms with van der Waals surface area (Å²) in [7, 11) is 0. The van der Waals surface area contributed by atoms with Crippen LogP contribution < -0.4 is 5.32 Å². The Balaban J connectivity index is 2.11. The first kappa shape index (κ1) is 13.6. The maximum absolute atomic E-state index is 5.51. The first-order valence-electron chi connectivity index (χ1n) is 7.16. The van der Waals surface area contributed by atoms with Crippen molar-refractivity contribution in [3.63, 3.8) is 0 Å². The number of rotatable bonds is 3. The lowest BCUT2D eigenvalue weighted by molar-refractivity contribution is 0.575. The van der Waals surface area contributed by atoms with Gasteiger partial charge < -0.3 is 9.73 Å². The minimum atomic E-state index is 0.665. The summed E-state index contributed by atoms with van der Waals surface area (Å²) in [5.41, 5.74) is 2.46. The molecule has 1 N–H and O–H groups in total. The van der Waals surface area contributed by atoms with Crippen LogP contribution in [-0.4, -0.2) is 16.5 Å². The van der Waals surface area contributed by atoms with Crippen molar-refractivity contribution in [1.29, 1.82) is 0 Å². The lowest BCUT2D eigenvalue weighted by Gasteiger charge is -2.13. The third kappa shape index (κ3) is 2.59. The molecule has 1 aliphatic carbocycles. The molecule has 3 rings (SSSR count).